The van der Waals surface area contributed by atoms with Crippen LogP contribution in [0.1, 0.15) is 0 Å². The molecule has 26 heavy (non-hydrogen) atoms. The van der Waals surface area contributed by atoms with Gasteiger partial charge in [-0.15, -0.1) is 0 Å². The summed E-state index contributed by atoms with van der Waals surface area (Å²) in [5.41, 5.74) is 2.38. The van der Waals surface area contributed by atoms with E-state index in [0.717, 1.165) is 27.0 Å². The molecule has 1 aromatic carbocycles. The second-order valence-electron chi connectivity index (χ2n) is 5.12. The number of benzene rings is 1. The Labute approximate surface area is 153 Å². The van der Waals surface area contributed by atoms with Crippen molar-refractivity contribution >= 4 is 39.3 Å². The predicted molar refractivity (Wildman–Crippen MR) is 98.6 cm³/mol. The van der Waals surface area contributed by atoms with Crippen LogP contribution in [0, 0.1) is 0 Å². The summed E-state index contributed by atoms with van der Waals surface area (Å²) in [6.07, 6.45) is 2.78. The van der Waals surface area contributed by atoms with Crippen molar-refractivity contribution in [1.29, 1.82) is 0 Å². The second kappa shape index (κ2) is 7.75. The number of thiazole rings is 1. The van der Waals surface area contributed by atoms with Gasteiger partial charge in [0.1, 0.15) is 21.1 Å². The molecule has 0 aliphatic carbocycles. The lowest BCUT2D eigenvalue weighted by Gasteiger charge is -2.09. The van der Waals surface area contributed by atoms with Gasteiger partial charge < -0.3 is 14.8 Å². The lowest BCUT2D eigenvalue weighted by atomic mass is 10.2. The standard InChI is InChI=1S/C18H15N3O4S/c1-24-15(22)10-14(18(23)25-2)20-12-7-5-11(6-8-12)16-21-13-4-3-9-19-17(13)26-16/h3-10,20H,1-2H3/b14-10+. The topological polar surface area (TPSA) is 90.4 Å². The molecule has 0 amide bonds. The summed E-state index contributed by atoms with van der Waals surface area (Å²) in [6, 6.07) is 11.1. The number of methoxy groups -OCH3 is 2. The number of hydrogen-bond acceptors (Lipinski definition) is 8. The minimum absolute atomic E-state index is 0.0173. The molecule has 0 bridgehead atoms. The maximum atomic E-state index is 11.8. The van der Waals surface area contributed by atoms with Crippen LogP contribution in [0.4, 0.5) is 5.69 Å². The number of aromatic nitrogens is 2. The first-order valence-electron chi connectivity index (χ1n) is 7.57. The normalized spacial score (nSPS) is 11.2. The van der Waals surface area contributed by atoms with Crippen molar-refractivity contribution in [1.82, 2.24) is 9.97 Å². The van der Waals surface area contributed by atoms with Crippen molar-refractivity contribution in [2.75, 3.05) is 19.5 Å². The fraction of sp³-hybridized carbons (Fsp3) is 0.111. The summed E-state index contributed by atoms with van der Waals surface area (Å²) >= 11 is 1.50. The van der Waals surface area contributed by atoms with E-state index >= 15 is 0 Å². The number of hydrogen-bond donors (Lipinski definition) is 1. The fourth-order valence-corrected chi connectivity index (χ4v) is 3.09. The quantitative estimate of drug-likeness (QED) is 0.546. The van der Waals surface area contributed by atoms with Gasteiger partial charge in [-0.25, -0.2) is 19.6 Å². The number of nitrogens with zero attached hydrogens (tertiary/aromatic N) is 2. The lowest BCUT2D eigenvalue weighted by molar-refractivity contribution is -0.138. The molecule has 0 radical (unpaired) electrons. The molecule has 8 heteroatoms. The van der Waals surface area contributed by atoms with Crippen LogP contribution in [-0.2, 0) is 19.1 Å². The lowest BCUT2D eigenvalue weighted by Crippen LogP contribution is -2.15. The molecule has 0 saturated heterocycles. The van der Waals surface area contributed by atoms with Crippen molar-refractivity contribution in [3.8, 4) is 10.6 Å². The zero-order chi connectivity index (χ0) is 18.5. The van der Waals surface area contributed by atoms with Crippen LogP contribution in [0.25, 0.3) is 20.9 Å². The molecule has 0 fully saturated rings. The van der Waals surface area contributed by atoms with Crippen molar-refractivity contribution in [2.24, 2.45) is 0 Å². The number of ether oxygens (including phenoxy) is 2. The smallest absolute Gasteiger partial charge is 0.354 e. The Balaban J connectivity index is 1.83. The minimum atomic E-state index is -0.670. The van der Waals surface area contributed by atoms with Gasteiger partial charge in [0.25, 0.3) is 0 Å². The highest BCUT2D eigenvalue weighted by atomic mass is 32.1. The number of nitrogens with one attached hydrogen (secondary N) is 1. The maximum Gasteiger partial charge on any atom is 0.354 e. The van der Waals surface area contributed by atoms with Crippen LogP contribution >= 0.6 is 11.3 Å². The number of carbonyl (C=O) groups excluding carboxylic acids is 2. The van der Waals surface area contributed by atoms with E-state index in [-0.39, 0.29) is 5.70 Å². The highest BCUT2D eigenvalue weighted by molar-refractivity contribution is 7.21. The summed E-state index contributed by atoms with van der Waals surface area (Å²) in [5, 5.41) is 3.71. The number of rotatable bonds is 5. The molecule has 3 aromatic rings. The van der Waals surface area contributed by atoms with Crippen molar-refractivity contribution in [3.63, 3.8) is 0 Å². The van der Waals surface area contributed by atoms with Crippen molar-refractivity contribution in [2.45, 2.75) is 0 Å². The molecule has 0 unspecified atom stereocenters. The first-order valence-corrected chi connectivity index (χ1v) is 8.39. The Morgan fingerprint density at radius 3 is 2.54 bits per heavy atom. The summed E-state index contributed by atoms with van der Waals surface area (Å²) < 4.78 is 9.21. The summed E-state index contributed by atoms with van der Waals surface area (Å²) in [4.78, 5) is 32.9. The molecular formula is C18H15N3O4S. The number of carbonyl (C=O) groups is 2. The number of pyridine rings is 1. The van der Waals surface area contributed by atoms with Crippen molar-refractivity contribution in [3.05, 3.63) is 54.4 Å². The predicted octanol–water partition coefficient (Wildman–Crippen LogP) is 3.00. The van der Waals surface area contributed by atoms with E-state index in [9.17, 15) is 9.59 Å². The first-order chi connectivity index (χ1) is 12.6. The summed E-state index contributed by atoms with van der Waals surface area (Å²) in [5.74, 6) is -1.33. The van der Waals surface area contributed by atoms with Gasteiger partial charge in [-0.05, 0) is 36.4 Å². The molecule has 0 aliphatic heterocycles. The molecule has 2 heterocycles. The first kappa shape index (κ1) is 17.6. The van der Waals surface area contributed by atoms with Crippen LogP contribution in [0.5, 0.6) is 0 Å². The summed E-state index contributed by atoms with van der Waals surface area (Å²) in [7, 11) is 2.47. The number of esters is 2. The van der Waals surface area contributed by atoms with Gasteiger partial charge in [0, 0.05) is 17.4 Å². The van der Waals surface area contributed by atoms with E-state index in [1.165, 1.54) is 25.6 Å². The molecule has 0 atom stereocenters. The van der Waals surface area contributed by atoms with Crippen LogP contribution in [0.2, 0.25) is 0 Å². The third kappa shape index (κ3) is 3.86. The molecule has 0 saturated carbocycles. The van der Waals surface area contributed by atoms with Crippen LogP contribution in [0.15, 0.2) is 54.4 Å². The Bertz CT molecular complexity index is 947. The van der Waals surface area contributed by atoms with Crippen LogP contribution in [-0.4, -0.2) is 36.1 Å². The Morgan fingerprint density at radius 2 is 1.88 bits per heavy atom. The second-order valence-corrected chi connectivity index (χ2v) is 6.10. The molecule has 0 aliphatic rings. The van der Waals surface area contributed by atoms with Crippen molar-refractivity contribution < 1.29 is 19.1 Å². The molecular weight excluding hydrogens is 354 g/mol. The molecule has 132 valence electrons. The molecule has 2 aromatic heterocycles. The molecule has 3 rings (SSSR count). The Morgan fingerprint density at radius 1 is 1.12 bits per heavy atom. The Hall–Kier alpha value is -3.26. The highest BCUT2D eigenvalue weighted by Crippen LogP contribution is 2.29. The number of fused-ring (bicyclic) bond motifs is 1. The highest BCUT2D eigenvalue weighted by Gasteiger charge is 2.13. The third-order valence-electron chi connectivity index (χ3n) is 3.45. The molecule has 0 spiro atoms. The maximum absolute atomic E-state index is 11.8. The van der Waals surface area contributed by atoms with Gasteiger partial charge in [-0.1, -0.05) is 11.3 Å². The zero-order valence-corrected chi connectivity index (χ0v) is 14.9. The fourth-order valence-electron chi connectivity index (χ4n) is 2.18. The van der Waals surface area contributed by atoms with E-state index in [0.29, 0.717) is 5.69 Å². The molecule has 1 N–H and O–H groups in total. The van der Waals surface area contributed by atoms with E-state index in [4.69, 9.17) is 0 Å². The van der Waals surface area contributed by atoms with Crippen LogP contribution in [0.3, 0.4) is 0 Å². The van der Waals surface area contributed by atoms with Gasteiger partial charge in [0.15, 0.2) is 0 Å². The van der Waals surface area contributed by atoms with Gasteiger partial charge in [-0.3, -0.25) is 0 Å². The largest absolute Gasteiger partial charge is 0.466 e. The zero-order valence-electron chi connectivity index (χ0n) is 14.1. The number of anilines is 1. The van der Waals surface area contributed by atoms with Gasteiger partial charge >= 0.3 is 11.9 Å². The Kier molecular flexibility index (Phi) is 5.23. The van der Waals surface area contributed by atoms with Gasteiger partial charge in [-0.2, -0.15) is 0 Å². The summed E-state index contributed by atoms with van der Waals surface area (Å²) in [6.45, 7) is 0. The van der Waals surface area contributed by atoms with Crippen LogP contribution < -0.4 is 5.32 Å². The van der Waals surface area contributed by atoms with E-state index in [1.807, 2.05) is 24.3 Å². The van der Waals surface area contributed by atoms with E-state index < -0.39 is 11.9 Å². The SMILES string of the molecule is COC(=O)/C=C(/Nc1ccc(-c2nc3cccnc3s2)cc1)C(=O)OC. The average molecular weight is 369 g/mol. The minimum Gasteiger partial charge on any atom is -0.466 e. The van der Waals surface area contributed by atoms with E-state index in [1.54, 1.807) is 18.3 Å². The molecule has 7 nitrogen and oxygen atoms in total. The average Bonchev–Trinajstić information content (AvgIpc) is 3.11. The third-order valence-corrected chi connectivity index (χ3v) is 4.47. The van der Waals surface area contributed by atoms with Gasteiger partial charge in [0.2, 0.25) is 0 Å². The monoisotopic (exact) mass is 369 g/mol. The van der Waals surface area contributed by atoms with E-state index in [2.05, 4.69) is 24.8 Å². The van der Waals surface area contributed by atoms with Gasteiger partial charge in [0.05, 0.1) is 20.3 Å².